The summed E-state index contributed by atoms with van der Waals surface area (Å²) in [6.07, 6.45) is 3.95. The van der Waals surface area contributed by atoms with Crippen LogP contribution in [0.5, 0.6) is 0 Å². The third kappa shape index (κ3) is 2.68. The van der Waals surface area contributed by atoms with E-state index >= 15 is 0 Å². The van der Waals surface area contributed by atoms with Crippen molar-refractivity contribution in [1.82, 2.24) is 5.32 Å². The van der Waals surface area contributed by atoms with Crippen LogP contribution < -0.4 is 5.32 Å². The molecule has 0 saturated carbocycles. The normalized spacial score (nSPS) is 30.5. The van der Waals surface area contributed by atoms with E-state index in [1.807, 2.05) is 7.05 Å². The average Bonchev–Trinajstić information content (AvgIpc) is 2.18. The number of nitrogens with one attached hydrogen (secondary N) is 1. The zero-order chi connectivity index (χ0) is 9.90. The Bertz CT molecular complexity index is 156. The Kier molecular flexibility index (Phi) is 3.74. The van der Waals surface area contributed by atoms with Gasteiger partial charge in [0.25, 0.3) is 0 Å². The number of hydrogen-bond acceptors (Lipinski definition) is 2. The SMILES string of the molecule is CCC(C)(C)C1CC(NC)CCO1. The standard InChI is InChI=1S/C11H23NO/c1-5-11(2,3)10-8-9(12-4)6-7-13-10/h9-10,12H,5-8H2,1-4H3. The molecular weight excluding hydrogens is 162 g/mol. The Balaban J connectivity index is 2.50. The van der Waals surface area contributed by atoms with Crippen LogP contribution in [0.2, 0.25) is 0 Å². The quantitative estimate of drug-likeness (QED) is 0.727. The molecule has 0 aromatic heterocycles. The van der Waals surface area contributed by atoms with Crippen molar-refractivity contribution >= 4 is 0 Å². The van der Waals surface area contributed by atoms with Crippen LogP contribution in [0.1, 0.15) is 40.0 Å². The highest BCUT2D eigenvalue weighted by atomic mass is 16.5. The number of hydrogen-bond donors (Lipinski definition) is 1. The van der Waals surface area contributed by atoms with Gasteiger partial charge in [-0.25, -0.2) is 0 Å². The van der Waals surface area contributed by atoms with Gasteiger partial charge in [-0.05, 0) is 31.7 Å². The van der Waals surface area contributed by atoms with Gasteiger partial charge >= 0.3 is 0 Å². The van der Waals surface area contributed by atoms with Crippen LogP contribution in [0.4, 0.5) is 0 Å². The van der Waals surface area contributed by atoms with Crippen molar-refractivity contribution in [3.05, 3.63) is 0 Å². The predicted molar refractivity (Wildman–Crippen MR) is 55.9 cm³/mol. The monoisotopic (exact) mass is 185 g/mol. The van der Waals surface area contributed by atoms with E-state index in [-0.39, 0.29) is 0 Å². The predicted octanol–water partition coefficient (Wildman–Crippen LogP) is 2.19. The summed E-state index contributed by atoms with van der Waals surface area (Å²) in [5.74, 6) is 0. The summed E-state index contributed by atoms with van der Waals surface area (Å²) in [6, 6.07) is 0.657. The molecule has 1 rings (SSSR count). The van der Waals surface area contributed by atoms with E-state index in [1.165, 1.54) is 6.42 Å². The van der Waals surface area contributed by atoms with E-state index in [0.29, 0.717) is 17.6 Å². The van der Waals surface area contributed by atoms with Crippen LogP contribution in [0.25, 0.3) is 0 Å². The van der Waals surface area contributed by atoms with Gasteiger partial charge in [0.15, 0.2) is 0 Å². The summed E-state index contributed by atoms with van der Waals surface area (Å²) >= 11 is 0. The summed E-state index contributed by atoms with van der Waals surface area (Å²) < 4.78 is 5.83. The maximum absolute atomic E-state index is 5.83. The molecule has 1 fully saturated rings. The molecule has 2 heteroatoms. The van der Waals surface area contributed by atoms with E-state index in [9.17, 15) is 0 Å². The molecule has 2 atom stereocenters. The lowest BCUT2D eigenvalue weighted by molar-refractivity contribution is -0.0651. The molecule has 1 N–H and O–H groups in total. The highest BCUT2D eigenvalue weighted by Crippen LogP contribution is 2.32. The van der Waals surface area contributed by atoms with Gasteiger partial charge in [-0.1, -0.05) is 20.8 Å². The average molecular weight is 185 g/mol. The minimum absolute atomic E-state index is 0.329. The minimum atomic E-state index is 0.329. The first-order chi connectivity index (χ1) is 6.10. The van der Waals surface area contributed by atoms with Crippen molar-refractivity contribution in [2.24, 2.45) is 5.41 Å². The largest absolute Gasteiger partial charge is 0.378 e. The first kappa shape index (κ1) is 11.0. The maximum Gasteiger partial charge on any atom is 0.0640 e. The molecule has 0 aromatic rings. The molecule has 13 heavy (non-hydrogen) atoms. The van der Waals surface area contributed by atoms with Crippen LogP contribution >= 0.6 is 0 Å². The Morgan fingerprint density at radius 1 is 1.46 bits per heavy atom. The lowest BCUT2D eigenvalue weighted by Gasteiger charge is -2.39. The molecule has 1 saturated heterocycles. The third-order valence-corrected chi connectivity index (χ3v) is 3.48. The molecule has 1 heterocycles. The molecule has 1 aliphatic heterocycles. The Morgan fingerprint density at radius 3 is 2.69 bits per heavy atom. The van der Waals surface area contributed by atoms with Crippen molar-refractivity contribution in [1.29, 1.82) is 0 Å². The molecule has 1 aliphatic rings. The fourth-order valence-corrected chi connectivity index (χ4v) is 1.83. The van der Waals surface area contributed by atoms with E-state index < -0.39 is 0 Å². The second-order valence-electron chi connectivity index (χ2n) is 4.71. The van der Waals surface area contributed by atoms with Crippen molar-refractivity contribution in [3.8, 4) is 0 Å². The van der Waals surface area contributed by atoms with E-state index in [4.69, 9.17) is 4.74 Å². The Hall–Kier alpha value is -0.0800. The van der Waals surface area contributed by atoms with Gasteiger partial charge in [-0.2, -0.15) is 0 Å². The van der Waals surface area contributed by atoms with Crippen LogP contribution in [0.3, 0.4) is 0 Å². The first-order valence-electron chi connectivity index (χ1n) is 5.39. The fraction of sp³-hybridized carbons (Fsp3) is 1.00. The minimum Gasteiger partial charge on any atom is -0.378 e. The Labute approximate surface area is 82.0 Å². The molecule has 78 valence electrons. The lowest BCUT2D eigenvalue weighted by atomic mass is 9.79. The van der Waals surface area contributed by atoms with Crippen LogP contribution in [-0.2, 0) is 4.74 Å². The smallest absolute Gasteiger partial charge is 0.0640 e. The second-order valence-corrected chi connectivity index (χ2v) is 4.71. The van der Waals surface area contributed by atoms with Crippen molar-refractivity contribution < 1.29 is 4.74 Å². The number of ether oxygens (including phenoxy) is 1. The molecule has 0 aliphatic carbocycles. The number of rotatable bonds is 3. The van der Waals surface area contributed by atoms with Crippen LogP contribution in [0, 0.1) is 5.41 Å². The van der Waals surface area contributed by atoms with E-state index in [0.717, 1.165) is 19.4 Å². The summed E-state index contributed by atoms with van der Waals surface area (Å²) in [4.78, 5) is 0. The highest BCUT2D eigenvalue weighted by molar-refractivity contribution is 4.85. The zero-order valence-corrected chi connectivity index (χ0v) is 9.39. The molecule has 2 unspecified atom stereocenters. The van der Waals surface area contributed by atoms with Gasteiger partial charge in [0, 0.05) is 12.6 Å². The van der Waals surface area contributed by atoms with Crippen LogP contribution in [-0.4, -0.2) is 25.8 Å². The topological polar surface area (TPSA) is 21.3 Å². The van der Waals surface area contributed by atoms with Gasteiger partial charge in [0.2, 0.25) is 0 Å². The third-order valence-electron chi connectivity index (χ3n) is 3.48. The highest BCUT2D eigenvalue weighted by Gasteiger charge is 2.33. The Morgan fingerprint density at radius 2 is 2.15 bits per heavy atom. The fourth-order valence-electron chi connectivity index (χ4n) is 1.83. The summed E-state index contributed by atoms with van der Waals surface area (Å²) in [5.41, 5.74) is 0.329. The maximum atomic E-state index is 5.83. The summed E-state index contributed by atoms with van der Waals surface area (Å²) in [5, 5.41) is 3.35. The van der Waals surface area contributed by atoms with Crippen molar-refractivity contribution in [2.45, 2.75) is 52.2 Å². The zero-order valence-electron chi connectivity index (χ0n) is 9.39. The van der Waals surface area contributed by atoms with Crippen molar-refractivity contribution in [3.63, 3.8) is 0 Å². The van der Waals surface area contributed by atoms with Gasteiger partial charge in [-0.3, -0.25) is 0 Å². The molecule has 2 nitrogen and oxygen atoms in total. The second kappa shape index (κ2) is 4.43. The van der Waals surface area contributed by atoms with E-state index in [2.05, 4.69) is 26.1 Å². The van der Waals surface area contributed by atoms with Gasteiger partial charge < -0.3 is 10.1 Å². The van der Waals surface area contributed by atoms with Gasteiger partial charge in [0.1, 0.15) is 0 Å². The molecule has 0 bridgehead atoms. The molecule has 0 amide bonds. The summed E-state index contributed by atoms with van der Waals surface area (Å²) in [7, 11) is 2.05. The molecule has 0 spiro atoms. The first-order valence-corrected chi connectivity index (χ1v) is 5.39. The summed E-state index contributed by atoms with van der Waals surface area (Å²) in [6.45, 7) is 7.76. The molecular formula is C11H23NO. The molecule has 0 aromatic carbocycles. The van der Waals surface area contributed by atoms with Gasteiger partial charge in [-0.15, -0.1) is 0 Å². The molecule has 0 radical (unpaired) electrons. The lowest BCUT2D eigenvalue weighted by Crippen LogP contribution is -2.43. The van der Waals surface area contributed by atoms with Gasteiger partial charge in [0.05, 0.1) is 6.10 Å². The van der Waals surface area contributed by atoms with E-state index in [1.54, 1.807) is 0 Å². The van der Waals surface area contributed by atoms with Crippen molar-refractivity contribution in [2.75, 3.05) is 13.7 Å². The van der Waals surface area contributed by atoms with Crippen LogP contribution in [0.15, 0.2) is 0 Å².